The molecule has 0 spiro atoms. The van der Waals surface area contributed by atoms with Crippen LogP contribution < -0.4 is 10.6 Å². The Morgan fingerprint density at radius 2 is 1.62 bits per heavy atom. The van der Waals surface area contributed by atoms with Crippen molar-refractivity contribution in [2.75, 3.05) is 10.6 Å². The first-order valence-corrected chi connectivity index (χ1v) is 7.91. The standard InChI is InChI=1S/C18H13Cl2N3O/c19-16-7-6-14(9-17(16)20)23-18(24)12-8-15(11-21-10-12)22-13-4-2-1-3-5-13/h1-11,22H,(H,23,24). The van der Waals surface area contributed by atoms with E-state index in [0.29, 0.717) is 21.3 Å². The quantitative estimate of drug-likeness (QED) is 0.658. The number of rotatable bonds is 4. The van der Waals surface area contributed by atoms with Crippen LogP contribution in [-0.4, -0.2) is 10.9 Å². The number of benzene rings is 2. The van der Waals surface area contributed by atoms with Crippen molar-refractivity contribution < 1.29 is 4.79 Å². The monoisotopic (exact) mass is 357 g/mol. The third-order valence-electron chi connectivity index (χ3n) is 3.24. The minimum atomic E-state index is -0.280. The zero-order chi connectivity index (χ0) is 16.9. The van der Waals surface area contributed by atoms with E-state index >= 15 is 0 Å². The highest BCUT2D eigenvalue weighted by atomic mass is 35.5. The zero-order valence-corrected chi connectivity index (χ0v) is 14.0. The average Bonchev–Trinajstić information content (AvgIpc) is 2.59. The van der Waals surface area contributed by atoms with E-state index < -0.39 is 0 Å². The predicted molar refractivity (Wildman–Crippen MR) is 98.4 cm³/mol. The first-order chi connectivity index (χ1) is 11.6. The minimum absolute atomic E-state index is 0.280. The lowest BCUT2D eigenvalue weighted by Crippen LogP contribution is -2.12. The maximum atomic E-state index is 12.4. The number of nitrogens with zero attached hydrogens (tertiary/aromatic N) is 1. The summed E-state index contributed by atoms with van der Waals surface area (Å²) >= 11 is 11.8. The van der Waals surface area contributed by atoms with Crippen molar-refractivity contribution in [1.29, 1.82) is 0 Å². The molecule has 4 nitrogen and oxygen atoms in total. The molecular formula is C18H13Cl2N3O. The molecule has 0 saturated heterocycles. The number of pyridine rings is 1. The lowest BCUT2D eigenvalue weighted by molar-refractivity contribution is 0.102. The number of halogens is 2. The van der Waals surface area contributed by atoms with Crippen molar-refractivity contribution in [3.63, 3.8) is 0 Å². The second-order valence-electron chi connectivity index (χ2n) is 5.04. The number of para-hydroxylation sites is 1. The Labute approximate surface area is 149 Å². The molecule has 3 aromatic rings. The Bertz CT molecular complexity index is 869. The summed E-state index contributed by atoms with van der Waals surface area (Å²) in [6, 6.07) is 16.3. The normalized spacial score (nSPS) is 10.2. The van der Waals surface area contributed by atoms with Gasteiger partial charge in [0.15, 0.2) is 0 Å². The molecule has 6 heteroatoms. The molecule has 0 aliphatic rings. The van der Waals surface area contributed by atoms with Gasteiger partial charge in [0.25, 0.3) is 5.91 Å². The van der Waals surface area contributed by atoms with Gasteiger partial charge in [-0.1, -0.05) is 41.4 Å². The summed E-state index contributed by atoms with van der Waals surface area (Å²) in [7, 11) is 0. The molecule has 0 unspecified atom stereocenters. The Morgan fingerprint density at radius 3 is 2.38 bits per heavy atom. The first kappa shape index (κ1) is 16.3. The second-order valence-corrected chi connectivity index (χ2v) is 5.85. The molecule has 0 bridgehead atoms. The molecule has 0 fully saturated rings. The predicted octanol–water partition coefficient (Wildman–Crippen LogP) is 5.38. The lowest BCUT2D eigenvalue weighted by atomic mass is 10.2. The molecule has 3 rings (SSSR count). The number of carbonyl (C=O) groups is 1. The molecule has 120 valence electrons. The summed E-state index contributed by atoms with van der Waals surface area (Å²) < 4.78 is 0. The van der Waals surface area contributed by atoms with Crippen molar-refractivity contribution >= 4 is 46.2 Å². The number of aromatic nitrogens is 1. The topological polar surface area (TPSA) is 54.0 Å². The smallest absolute Gasteiger partial charge is 0.257 e. The molecule has 0 atom stereocenters. The van der Waals surface area contributed by atoms with E-state index in [1.54, 1.807) is 30.5 Å². The van der Waals surface area contributed by atoms with Crippen molar-refractivity contribution in [3.05, 3.63) is 82.6 Å². The molecule has 2 aromatic carbocycles. The largest absolute Gasteiger partial charge is 0.354 e. The van der Waals surface area contributed by atoms with Gasteiger partial charge in [-0.2, -0.15) is 0 Å². The molecule has 2 N–H and O–H groups in total. The molecule has 0 aliphatic carbocycles. The van der Waals surface area contributed by atoms with E-state index in [-0.39, 0.29) is 5.91 Å². The Morgan fingerprint density at radius 1 is 0.833 bits per heavy atom. The number of anilines is 3. The van der Waals surface area contributed by atoms with Gasteiger partial charge in [0, 0.05) is 17.6 Å². The van der Waals surface area contributed by atoms with Gasteiger partial charge in [0.2, 0.25) is 0 Å². The molecule has 1 aromatic heterocycles. The number of nitrogens with one attached hydrogen (secondary N) is 2. The maximum Gasteiger partial charge on any atom is 0.257 e. The van der Waals surface area contributed by atoms with Crippen LogP contribution in [0.15, 0.2) is 67.0 Å². The zero-order valence-electron chi connectivity index (χ0n) is 12.5. The van der Waals surface area contributed by atoms with Crippen molar-refractivity contribution in [2.24, 2.45) is 0 Å². The van der Waals surface area contributed by atoms with E-state index in [1.807, 2.05) is 30.3 Å². The fourth-order valence-electron chi connectivity index (χ4n) is 2.10. The van der Waals surface area contributed by atoms with Crippen molar-refractivity contribution in [3.8, 4) is 0 Å². The first-order valence-electron chi connectivity index (χ1n) is 7.15. The molecule has 0 saturated carbocycles. The van der Waals surface area contributed by atoms with Gasteiger partial charge in [-0.05, 0) is 36.4 Å². The molecule has 0 radical (unpaired) electrons. The highest BCUT2D eigenvalue weighted by Gasteiger charge is 2.09. The summed E-state index contributed by atoms with van der Waals surface area (Å²) in [6.45, 7) is 0. The van der Waals surface area contributed by atoms with Gasteiger partial charge < -0.3 is 10.6 Å². The molecule has 0 aliphatic heterocycles. The number of carbonyl (C=O) groups excluding carboxylic acids is 1. The Balaban J connectivity index is 1.75. The van der Waals surface area contributed by atoms with Gasteiger partial charge in [0.1, 0.15) is 0 Å². The van der Waals surface area contributed by atoms with E-state index in [0.717, 1.165) is 11.4 Å². The molecule has 1 heterocycles. The SMILES string of the molecule is O=C(Nc1ccc(Cl)c(Cl)c1)c1cncc(Nc2ccccc2)c1. The van der Waals surface area contributed by atoms with Crippen LogP contribution >= 0.6 is 23.2 Å². The summed E-state index contributed by atoms with van der Waals surface area (Å²) in [4.78, 5) is 16.5. The summed E-state index contributed by atoms with van der Waals surface area (Å²) in [5, 5.41) is 6.78. The van der Waals surface area contributed by atoms with Gasteiger partial charge in [0.05, 0.1) is 27.5 Å². The highest BCUT2D eigenvalue weighted by Crippen LogP contribution is 2.25. The molecular weight excluding hydrogens is 345 g/mol. The van der Waals surface area contributed by atoms with Crippen LogP contribution in [0.2, 0.25) is 10.0 Å². The summed E-state index contributed by atoms with van der Waals surface area (Å²) in [5.41, 5.74) is 2.64. The van der Waals surface area contributed by atoms with Crippen LogP contribution in [0.5, 0.6) is 0 Å². The maximum absolute atomic E-state index is 12.4. The third kappa shape index (κ3) is 4.04. The Kier molecular flexibility index (Phi) is 4.99. The fraction of sp³-hybridized carbons (Fsp3) is 0. The van der Waals surface area contributed by atoms with E-state index in [2.05, 4.69) is 15.6 Å². The average molecular weight is 358 g/mol. The van der Waals surface area contributed by atoms with E-state index in [4.69, 9.17) is 23.2 Å². The molecule has 1 amide bonds. The van der Waals surface area contributed by atoms with Gasteiger partial charge >= 0.3 is 0 Å². The van der Waals surface area contributed by atoms with Crippen LogP contribution in [0.1, 0.15) is 10.4 Å². The third-order valence-corrected chi connectivity index (χ3v) is 3.98. The minimum Gasteiger partial charge on any atom is -0.354 e. The van der Waals surface area contributed by atoms with Crippen LogP contribution in [-0.2, 0) is 0 Å². The summed E-state index contributed by atoms with van der Waals surface area (Å²) in [6.07, 6.45) is 3.16. The van der Waals surface area contributed by atoms with Crippen molar-refractivity contribution in [2.45, 2.75) is 0 Å². The highest BCUT2D eigenvalue weighted by molar-refractivity contribution is 6.42. The Hall–Kier alpha value is -2.56. The molecule has 24 heavy (non-hydrogen) atoms. The van der Waals surface area contributed by atoms with Crippen LogP contribution in [0.4, 0.5) is 17.1 Å². The van der Waals surface area contributed by atoms with Gasteiger partial charge in [-0.25, -0.2) is 0 Å². The van der Waals surface area contributed by atoms with Gasteiger partial charge in [-0.15, -0.1) is 0 Å². The number of hydrogen-bond acceptors (Lipinski definition) is 3. The van der Waals surface area contributed by atoms with E-state index in [1.165, 1.54) is 6.20 Å². The lowest BCUT2D eigenvalue weighted by Gasteiger charge is -2.09. The van der Waals surface area contributed by atoms with Gasteiger partial charge in [-0.3, -0.25) is 9.78 Å². The van der Waals surface area contributed by atoms with Crippen molar-refractivity contribution in [1.82, 2.24) is 4.98 Å². The fourth-order valence-corrected chi connectivity index (χ4v) is 2.40. The number of amides is 1. The summed E-state index contributed by atoms with van der Waals surface area (Å²) in [5.74, 6) is -0.280. The second kappa shape index (κ2) is 7.34. The van der Waals surface area contributed by atoms with Crippen LogP contribution in [0.3, 0.4) is 0 Å². The van der Waals surface area contributed by atoms with E-state index in [9.17, 15) is 4.79 Å². The number of hydrogen-bond donors (Lipinski definition) is 2. The van der Waals surface area contributed by atoms with Crippen LogP contribution in [0, 0.1) is 0 Å². The van der Waals surface area contributed by atoms with Crippen LogP contribution in [0.25, 0.3) is 0 Å².